The van der Waals surface area contributed by atoms with Crippen LogP contribution in [0.25, 0.3) is 0 Å². The van der Waals surface area contributed by atoms with Crippen LogP contribution in [-0.4, -0.2) is 92.7 Å². The van der Waals surface area contributed by atoms with Crippen molar-refractivity contribution in [2.45, 2.75) is 38.4 Å². The summed E-state index contributed by atoms with van der Waals surface area (Å²) in [7, 11) is 4.42. The van der Waals surface area contributed by atoms with Crippen LogP contribution in [-0.2, 0) is 6.54 Å². The predicted molar refractivity (Wildman–Crippen MR) is 133 cm³/mol. The lowest BCUT2D eigenvalue weighted by atomic mass is 10.0. The SMILES string of the molecule is CCNC(=NCC1CN(C)CCN1C)NC1CCN(Cc2ccccc2)CC1.I. The van der Waals surface area contributed by atoms with Crippen LogP contribution in [0.4, 0.5) is 0 Å². The normalized spacial score (nSPS) is 22.9. The van der Waals surface area contributed by atoms with Gasteiger partial charge in [0.2, 0.25) is 0 Å². The molecule has 0 bridgehead atoms. The number of benzene rings is 1. The van der Waals surface area contributed by atoms with Gasteiger partial charge in [-0.15, -0.1) is 24.0 Å². The van der Waals surface area contributed by atoms with Gasteiger partial charge in [-0.25, -0.2) is 0 Å². The molecule has 2 heterocycles. The zero-order valence-corrected chi connectivity index (χ0v) is 20.6. The van der Waals surface area contributed by atoms with E-state index in [0.717, 1.165) is 58.3 Å². The average Bonchev–Trinajstić information content (AvgIpc) is 2.71. The second-order valence-corrected chi connectivity index (χ2v) is 8.30. The molecule has 0 amide bonds. The van der Waals surface area contributed by atoms with Gasteiger partial charge in [-0.1, -0.05) is 30.3 Å². The fourth-order valence-electron chi connectivity index (χ4n) is 4.09. The van der Waals surface area contributed by atoms with Gasteiger partial charge in [0.1, 0.15) is 0 Å². The van der Waals surface area contributed by atoms with Crippen molar-refractivity contribution in [2.24, 2.45) is 4.99 Å². The number of halogens is 1. The summed E-state index contributed by atoms with van der Waals surface area (Å²) in [6, 6.07) is 11.8. The predicted octanol–water partition coefficient (Wildman–Crippen LogP) is 2.07. The third kappa shape index (κ3) is 8.03. The third-order valence-corrected chi connectivity index (χ3v) is 5.96. The van der Waals surface area contributed by atoms with Crippen LogP contribution in [0.2, 0.25) is 0 Å². The van der Waals surface area contributed by atoms with Gasteiger partial charge in [0.15, 0.2) is 5.96 Å². The van der Waals surface area contributed by atoms with Crippen LogP contribution in [0.5, 0.6) is 0 Å². The highest BCUT2D eigenvalue weighted by molar-refractivity contribution is 14.0. The van der Waals surface area contributed by atoms with Crippen LogP contribution in [0.1, 0.15) is 25.3 Å². The third-order valence-electron chi connectivity index (χ3n) is 5.96. The topological polar surface area (TPSA) is 46.1 Å². The van der Waals surface area contributed by atoms with Gasteiger partial charge in [0.25, 0.3) is 0 Å². The Hall–Kier alpha value is -0.900. The summed E-state index contributed by atoms with van der Waals surface area (Å²) in [5.41, 5.74) is 1.41. The fourth-order valence-corrected chi connectivity index (χ4v) is 4.09. The molecule has 2 N–H and O–H groups in total. The summed E-state index contributed by atoms with van der Waals surface area (Å²) in [6.07, 6.45) is 2.34. The van der Waals surface area contributed by atoms with E-state index in [2.05, 4.69) is 76.7 Å². The summed E-state index contributed by atoms with van der Waals surface area (Å²) in [5, 5.41) is 7.13. The van der Waals surface area contributed by atoms with Gasteiger partial charge < -0.3 is 15.5 Å². The molecule has 2 aliphatic heterocycles. The number of rotatable bonds is 6. The van der Waals surface area contributed by atoms with Crippen LogP contribution in [0, 0.1) is 0 Å². The number of guanidine groups is 1. The van der Waals surface area contributed by atoms with Crippen molar-refractivity contribution < 1.29 is 0 Å². The monoisotopic (exact) mass is 514 g/mol. The lowest BCUT2D eigenvalue weighted by molar-refractivity contribution is 0.119. The standard InChI is InChI=1S/C22H38N6.HI/c1-4-23-22(24-16-21-18-26(2)14-15-27(21)3)25-20-10-12-28(13-11-20)17-19-8-6-5-7-9-19;/h5-9,20-21H,4,10-18H2,1-3H3,(H2,23,24,25);1H. The summed E-state index contributed by atoms with van der Waals surface area (Å²) in [6.45, 7) is 10.6. The van der Waals surface area contributed by atoms with E-state index < -0.39 is 0 Å². The second kappa shape index (κ2) is 12.7. The highest BCUT2D eigenvalue weighted by atomic mass is 127. The lowest BCUT2D eigenvalue weighted by Gasteiger charge is -2.37. The second-order valence-electron chi connectivity index (χ2n) is 8.30. The van der Waals surface area contributed by atoms with Crippen LogP contribution in [0.15, 0.2) is 35.3 Å². The average molecular weight is 515 g/mol. The van der Waals surface area contributed by atoms with Gasteiger partial charge in [-0.05, 0) is 39.4 Å². The smallest absolute Gasteiger partial charge is 0.191 e. The first-order chi connectivity index (χ1) is 13.6. The first kappa shape index (κ1) is 24.4. The molecular formula is C22H39IN6. The van der Waals surface area contributed by atoms with Crippen molar-refractivity contribution in [1.29, 1.82) is 0 Å². The first-order valence-electron chi connectivity index (χ1n) is 10.8. The number of likely N-dealkylation sites (tertiary alicyclic amines) is 1. The van der Waals surface area contributed by atoms with E-state index >= 15 is 0 Å². The Morgan fingerprint density at radius 2 is 1.79 bits per heavy atom. The van der Waals surface area contributed by atoms with E-state index in [0.29, 0.717) is 12.1 Å². The van der Waals surface area contributed by atoms with E-state index in [1.807, 2.05) is 0 Å². The van der Waals surface area contributed by atoms with E-state index in [1.54, 1.807) is 0 Å². The van der Waals surface area contributed by atoms with Crippen LogP contribution >= 0.6 is 24.0 Å². The maximum Gasteiger partial charge on any atom is 0.191 e. The Morgan fingerprint density at radius 3 is 2.48 bits per heavy atom. The van der Waals surface area contributed by atoms with Gasteiger partial charge >= 0.3 is 0 Å². The number of hydrogen-bond donors (Lipinski definition) is 2. The van der Waals surface area contributed by atoms with Gasteiger partial charge in [-0.2, -0.15) is 0 Å². The molecule has 1 unspecified atom stereocenters. The molecule has 6 nitrogen and oxygen atoms in total. The summed E-state index contributed by atoms with van der Waals surface area (Å²) in [5.74, 6) is 0.977. The van der Waals surface area contributed by atoms with Gasteiger partial charge in [-0.3, -0.25) is 14.8 Å². The quantitative estimate of drug-likeness (QED) is 0.346. The molecular weight excluding hydrogens is 475 g/mol. The number of piperidine rings is 1. The van der Waals surface area contributed by atoms with Crippen LogP contribution < -0.4 is 10.6 Å². The molecule has 1 atom stereocenters. The van der Waals surface area contributed by atoms with Crippen molar-refractivity contribution in [1.82, 2.24) is 25.3 Å². The molecule has 0 aliphatic carbocycles. The van der Waals surface area contributed by atoms with Crippen molar-refractivity contribution in [3.8, 4) is 0 Å². The minimum Gasteiger partial charge on any atom is -0.357 e. The van der Waals surface area contributed by atoms with Crippen LogP contribution in [0.3, 0.4) is 0 Å². The van der Waals surface area contributed by atoms with E-state index in [4.69, 9.17) is 4.99 Å². The molecule has 1 aromatic carbocycles. The first-order valence-corrected chi connectivity index (χ1v) is 10.8. The fraction of sp³-hybridized carbons (Fsp3) is 0.682. The molecule has 0 spiro atoms. The van der Waals surface area contributed by atoms with Gasteiger partial charge in [0.05, 0.1) is 6.54 Å². The zero-order chi connectivity index (χ0) is 19.8. The van der Waals surface area contributed by atoms with Gasteiger partial charge in [0, 0.05) is 57.9 Å². The Bertz CT molecular complexity index is 603. The number of hydrogen-bond acceptors (Lipinski definition) is 4. The van der Waals surface area contributed by atoms with E-state index in [1.165, 1.54) is 18.4 Å². The number of aliphatic imine (C=N–C) groups is 1. The lowest BCUT2D eigenvalue weighted by Crippen LogP contribution is -2.52. The molecule has 0 saturated carbocycles. The molecule has 164 valence electrons. The van der Waals surface area contributed by atoms with Crippen molar-refractivity contribution in [2.75, 3.05) is 59.9 Å². The molecule has 0 radical (unpaired) electrons. The number of piperazine rings is 1. The highest BCUT2D eigenvalue weighted by Crippen LogP contribution is 2.14. The highest BCUT2D eigenvalue weighted by Gasteiger charge is 2.23. The zero-order valence-electron chi connectivity index (χ0n) is 18.3. The van der Waals surface area contributed by atoms with E-state index in [9.17, 15) is 0 Å². The Labute approximate surface area is 194 Å². The number of nitrogens with zero attached hydrogens (tertiary/aromatic N) is 4. The Morgan fingerprint density at radius 1 is 1.07 bits per heavy atom. The molecule has 29 heavy (non-hydrogen) atoms. The molecule has 1 aromatic rings. The Kier molecular flexibility index (Phi) is 10.7. The van der Waals surface area contributed by atoms with Crippen molar-refractivity contribution >= 4 is 29.9 Å². The number of likely N-dealkylation sites (N-methyl/N-ethyl adjacent to an activating group) is 2. The summed E-state index contributed by atoms with van der Waals surface area (Å²) in [4.78, 5) is 12.3. The molecule has 3 rings (SSSR count). The largest absolute Gasteiger partial charge is 0.357 e. The van der Waals surface area contributed by atoms with Crippen molar-refractivity contribution in [3.05, 3.63) is 35.9 Å². The minimum absolute atomic E-state index is 0. The van der Waals surface area contributed by atoms with E-state index in [-0.39, 0.29) is 24.0 Å². The summed E-state index contributed by atoms with van der Waals surface area (Å²) >= 11 is 0. The minimum atomic E-state index is 0. The Balaban J connectivity index is 0.00000300. The molecule has 2 fully saturated rings. The molecule has 0 aromatic heterocycles. The molecule has 2 aliphatic rings. The maximum atomic E-state index is 4.92. The number of nitrogens with one attached hydrogen (secondary N) is 2. The maximum absolute atomic E-state index is 4.92. The molecule has 2 saturated heterocycles. The molecule has 7 heteroatoms. The van der Waals surface area contributed by atoms with Crippen molar-refractivity contribution in [3.63, 3.8) is 0 Å². The summed E-state index contributed by atoms with van der Waals surface area (Å²) < 4.78 is 0.